The summed E-state index contributed by atoms with van der Waals surface area (Å²) in [6.07, 6.45) is -0.773. The summed E-state index contributed by atoms with van der Waals surface area (Å²) in [4.78, 5) is 40.4. The number of halogens is 2. The Labute approximate surface area is 313 Å². The van der Waals surface area contributed by atoms with Gasteiger partial charge >= 0.3 is 18.2 Å². The second kappa shape index (κ2) is 17.7. The molecule has 4 atom stereocenters. The van der Waals surface area contributed by atoms with Gasteiger partial charge in [0.15, 0.2) is 6.10 Å². The molecule has 0 aromatic heterocycles. The van der Waals surface area contributed by atoms with E-state index in [1.807, 2.05) is 90.1 Å². The maximum atomic E-state index is 12.7. The summed E-state index contributed by atoms with van der Waals surface area (Å²) in [6, 6.07) is 15.6. The lowest BCUT2D eigenvalue weighted by Crippen LogP contribution is -2.59. The third-order valence-electron chi connectivity index (χ3n) is 7.86. The van der Waals surface area contributed by atoms with Crippen molar-refractivity contribution in [1.82, 2.24) is 9.80 Å². The molecule has 0 aliphatic carbocycles. The van der Waals surface area contributed by atoms with E-state index in [4.69, 9.17) is 23.7 Å². The minimum absolute atomic E-state index is 0.114. The summed E-state index contributed by atoms with van der Waals surface area (Å²) in [5.41, 5.74) is -0.0166. The van der Waals surface area contributed by atoms with Gasteiger partial charge in [-0.3, -0.25) is 9.80 Å². The molecule has 2 aliphatic heterocycles. The molecule has 2 aromatic carbocycles. The van der Waals surface area contributed by atoms with Crippen LogP contribution in [0.15, 0.2) is 57.5 Å². The molecule has 2 saturated heterocycles. The van der Waals surface area contributed by atoms with E-state index in [9.17, 15) is 19.5 Å². The van der Waals surface area contributed by atoms with Crippen molar-refractivity contribution in [2.24, 2.45) is 0 Å². The number of esters is 1. The van der Waals surface area contributed by atoms with Gasteiger partial charge in [-0.2, -0.15) is 0 Å². The first-order valence-electron chi connectivity index (χ1n) is 16.7. The van der Waals surface area contributed by atoms with E-state index in [0.29, 0.717) is 26.0 Å². The summed E-state index contributed by atoms with van der Waals surface area (Å²) < 4.78 is 29.3. The first-order chi connectivity index (χ1) is 23.1. The van der Waals surface area contributed by atoms with Crippen LogP contribution in [0.25, 0.3) is 0 Å². The second-order valence-corrected chi connectivity index (χ2v) is 16.9. The maximum Gasteiger partial charge on any atom is 0.410 e. The van der Waals surface area contributed by atoms with Crippen molar-refractivity contribution in [2.75, 3.05) is 33.4 Å². The highest BCUT2D eigenvalue weighted by molar-refractivity contribution is 9.10. The number of carbonyl (C=O) groups excluding carboxylic acids is 3. The lowest BCUT2D eigenvalue weighted by Gasteiger charge is -2.43. The van der Waals surface area contributed by atoms with E-state index in [1.165, 1.54) is 7.11 Å². The van der Waals surface area contributed by atoms with Crippen molar-refractivity contribution in [1.29, 1.82) is 0 Å². The molecule has 4 rings (SSSR count). The third-order valence-corrected chi connectivity index (χ3v) is 8.92. The molecule has 50 heavy (non-hydrogen) atoms. The van der Waals surface area contributed by atoms with Gasteiger partial charge in [-0.1, -0.05) is 56.1 Å². The number of ether oxygens (including phenoxy) is 5. The van der Waals surface area contributed by atoms with E-state index in [-0.39, 0.29) is 31.3 Å². The van der Waals surface area contributed by atoms with E-state index in [0.717, 1.165) is 20.1 Å². The Hall–Kier alpha value is -2.71. The number of hydrogen-bond donors (Lipinski definition) is 1. The fraction of sp³-hybridized carbons (Fsp3) is 0.595. The molecule has 2 amide bonds. The molecule has 0 radical (unpaired) electrons. The van der Waals surface area contributed by atoms with E-state index < -0.39 is 41.1 Å². The Bertz CT molecular complexity index is 1420. The average molecular weight is 829 g/mol. The van der Waals surface area contributed by atoms with Crippen LogP contribution in [0.5, 0.6) is 0 Å². The normalized spacial score (nSPS) is 21.4. The number of aliphatic hydroxyl groups is 1. The first kappa shape index (κ1) is 41.7. The maximum absolute atomic E-state index is 12.7. The van der Waals surface area contributed by atoms with Gasteiger partial charge in [-0.15, -0.1) is 0 Å². The van der Waals surface area contributed by atoms with Gasteiger partial charge in [-0.25, -0.2) is 14.4 Å². The van der Waals surface area contributed by atoms with Crippen LogP contribution in [-0.2, 0) is 41.3 Å². The summed E-state index contributed by atoms with van der Waals surface area (Å²) in [6.45, 7) is 15.4. The number of hydrogen-bond acceptors (Lipinski definition) is 9. The van der Waals surface area contributed by atoms with Crippen molar-refractivity contribution >= 4 is 50.0 Å². The number of nitrogens with zero attached hydrogens (tertiary/aromatic N) is 2. The molecule has 13 heteroatoms. The van der Waals surface area contributed by atoms with Crippen molar-refractivity contribution < 1.29 is 43.2 Å². The monoisotopic (exact) mass is 826 g/mol. The summed E-state index contributed by atoms with van der Waals surface area (Å²) in [5.74, 6) is -0.490. The molecule has 2 heterocycles. The fourth-order valence-corrected chi connectivity index (χ4v) is 5.84. The topological polar surface area (TPSA) is 124 Å². The number of carbonyl (C=O) groups is 3. The van der Waals surface area contributed by atoms with Gasteiger partial charge in [0.05, 0.1) is 51.1 Å². The van der Waals surface area contributed by atoms with E-state index in [1.54, 1.807) is 23.6 Å². The lowest BCUT2D eigenvalue weighted by atomic mass is 9.97. The Kier molecular flexibility index (Phi) is 14.7. The molecule has 0 bridgehead atoms. The van der Waals surface area contributed by atoms with Crippen LogP contribution < -0.4 is 0 Å². The zero-order valence-corrected chi connectivity index (χ0v) is 33.7. The van der Waals surface area contributed by atoms with Gasteiger partial charge < -0.3 is 28.8 Å². The van der Waals surface area contributed by atoms with Gasteiger partial charge in [0, 0.05) is 8.95 Å². The van der Waals surface area contributed by atoms with Gasteiger partial charge in [-0.05, 0) is 104 Å². The zero-order valence-electron chi connectivity index (χ0n) is 30.5. The number of benzene rings is 2. The average Bonchev–Trinajstić information content (AvgIpc) is 3.01. The molecule has 2 aliphatic rings. The largest absolute Gasteiger partial charge is 0.467 e. The van der Waals surface area contributed by atoms with Crippen LogP contribution in [0, 0.1) is 0 Å². The predicted octanol–water partition coefficient (Wildman–Crippen LogP) is 6.94. The highest BCUT2D eigenvalue weighted by Gasteiger charge is 2.41. The Morgan fingerprint density at radius 3 is 1.50 bits per heavy atom. The standard InChI is InChI=1S/C19H28BrNO4.C18H24BrNO5/c1-18(2,3)25-17(22)21-11-16(19(4,5)23)24-12-15(21)10-13-6-8-14(20)9-7-13;1-18(2,3)25-17(22)20-10-15(16(21)23-4)24-11-14(20)9-12-5-7-13(19)8-6-12/h6-9,15-16,23H,10-12H2,1-5H3;5-8,14-15H,9-11H2,1-4H3/t15-,16+;14-,15+/m00/s1. The fourth-order valence-electron chi connectivity index (χ4n) is 5.31. The lowest BCUT2D eigenvalue weighted by molar-refractivity contribution is -0.162. The molecule has 278 valence electrons. The molecular formula is C37H52Br2N2O9. The SMILES string of the molecule is CC(C)(C)OC(=O)N1C[C@H](C(C)(C)O)OC[C@@H]1Cc1ccc(Br)cc1.COC(=O)[C@H]1CN(C(=O)OC(C)(C)C)[C@@H](Cc2ccc(Br)cc2)CO1. The quantitative estimate of drug-likeness (QED) is 0.244. The minimum atomic E-state index is -1.02. The Balaban J connectivity index is 0.000000270. The summed E-state index contributed by atoms with van der Waals surface area (Å²) in [5, 5.41) is 10.3. The van der Waals surface area contributed by atoms with Crippen molar-refractivity contribution in [3.05, 3.63) is 68.6 Å². The molecule has 2 aromatic rings. The van der Waals surface area contributed by atoms with Gasteiger partial charge in [0.2, 0.25) is 0 Å². The van der Waals surface area contributed by atoms with E-state index >= 15 is 0 Å². The summed E-state index contributed by atoms with van der Waals surface area (Å²) in [7, 11) is 1.30. The molecule has 0 unspecified atom stereocenters. The van der Waals surface area contributed by atoms with Crippen molar-refractivity contribution in [3.8, 4) is 0 Å². The number of morpholine rings is 2. The molecule has 1 N–H and O–H groups in total. The number of amides is 2. The van der Waals surface area contributed by atoms with Crippen LogP contribution >= 0.6 is 31.9 Å². The predicted molar refractivity (Wildman–Crippen MR) is 197 cm³/mol. The molecule has 11 nitrogen and oxygen atoms in total. The number of rotatable bonds is 6. The second-order valence-electron chi connectivity index (χ2n) is 15.1. The third kappa shape index (κ3) is 13.4. The van der Waals surface area contributed by atoms with Crippen LogP contribution in [0.1, 0.15) is 66.5 Å². The van der Waals surface area contributed by atoms with Gasteiger partial charge in [0.1, 0.15) is 17.3 Å². The van der Waals surface area contributed by atoms with Crippen LogP contribution in [0.4, 0.5) is 9.59 Å². The van der Waals surface area contributed by atoms with Crippen molar-refractivity contribution in [2.45, 2.75) is 109 Å². The Morgan fingerprint density at radius 2 is 1.12 bits per heavy atom. The number of methoxy groups -OCH3 is 1. The van der Waals surface area contributed by atoms with E-state index in [2.05, 4.69) is 31.9 Å². The van der Waals surface area contributed by atoms with Crippen molar-refractivity contribution in [3.63, 3.8) is 0 Å². The molecule has 0 saturated carbocycles. The molecular weight excluding hydrogens is 776 g/mol. The highest BCUT2D eigenvalue weighted by Crippen LogP contribution is 2.26. The zero-order chi connectivity index (χ0) is 37.4. The smallest absolute Gasteiger partial charge is 0.410 e. The van der Waals surface area contributed by atoms with Gasteiger partial charge in [0.25, 0.3) is 0 Å². The summed E-state index contributed by atoms with van der Waals surface area (Å²) >= 11 is 6.84. The minimum Gasteiger partial charge on any atom is -0.467 e. The highest BCUT2D eigenvalue weighted by atomic mass is 79.9. The van der Waals surface area contributed by atoms with Crippen LogP contribution in [0.2, 0.25) is 0 Å². The van der Waals surface area contributed by atoms with Crippen LogP contribution in [0.3, 0.4) is 0 Å². The van der Waals surface area contributed by atoms with Crippen LogP contribution in [-0.4, -0.2) is 108 Å². The molecule has 2 fully saturated rings. The first-order valence-corrected chi connectivity index (χ1v) is 18.3. The Morgan fingerprint density at radius 1 is 0.720 bits per heavy atom. The molecule has 0 spiro atoms.